The van der Waals surface area contributed by atoms with Gasteiger partial charge in [0.05, 0.1) is 24.1 Å². The molecule has 0 radical (unpaired) electrons. The summed E-state index contributed by atoms with van der Waals surface area (Å²) >= 11 is 0. The van der Waals surface area contributed by atoms with Gasteiger partial charge in [-0.1, -0.05) is 30.3 Å². The monoisotopic (exact) mass is 290 g/mol. The van der Waals surface area contributed by atoms with Crippen LogP contribution in [0.1, 0.15) is 33.4 Å². The number of pyridine rings is 1. The second-order valence-corrected chi connectivity index (χ2v) is 5.26. The van der Waals surface area contributed by atoms with E-state index in [4.69, 9.17) is 4.42 Å². The molecule has 22 heavy (non-hydrogen) atoms. The lowest BCUT2D eigenvalue weighted by Crippen LogP contribution is -2.29. The standard InChI is InChI=1S/C18H14N2O2/c21-18-14-8-4-10-19-15(14)12-20(18)17(16-9-5-11-22-16)13-6-2-1-3-7-13/h1-11,17H,12H2. The third-order valence-electron chi connectivity index (χ3n) is 3.94. The summed E-state index contributed by atoms with van der Waals surface area (Å²) < 4.78 is 5.60. The Labute approximate surface area is 128 Å². The quantitative estimate of drug-likeness (QED) is 0.742. The summed E-state index contributed by atoms with van der Waals surface area (Å²) in [7, 11) is 0. The molecule has 1 aromatic carbocycles. The van der Waals surface area contributed by atoms with Gasteiger partial charge in [-0.2, -0.15) is 0 Å². The van der Waals surface area contributed by atoms with E-state index in [1.165, 1.54) is 0 Å². The fraction of sp³-hybridized carbons (Fsp3) is 0.111. The van der Waals surface area contributed by atoms with Crippen LogP contribution in [0.3, 0.4) is 0 Å². The molecule has 1 unspecified atom stereocenters. The normalized spacial score (nSPS) is 14.9. The van der Waals surface area contributed by atoms with Gasteiger partial charge in [-0.3, -0.25) is 9.78 Å². The minimum absolute atomic E-state index is 0.00615. The number of carbonyl (C=O) groups excluding carboxylic acids is 1. The number of carbonyl (C=O) groups is 1. The fourth-order valence-electron chi connectivity index (χ4n) is 2.94. The minimum atomic E-state index is -0.238. The largest absolute Gasteiger partial charge is 0.467 e. The Kier molecular flexibility index (Phi) is 3.00. The molecular weight excluding hydrogens is 276 g/mol. The molecule has 4 rings (SSSR count). The van der Waals surface area contributed by atoms with E-state index in [0.29, 0.717) is 12.1 Å². The highest BCUT2D eigenvalue weighted by Crippen LogP contribution is 2.35. The van der Waals surface area contributed by atoms with Crippen LogP contribution in [0.25, 0.3) is 0 Å². The van der Waals surface area contributed by atoms with Crippen LogP contribution in [0.15, 0.2) is 71.5 Å². The Balaban J connectivity index is 1.79. The van der Waals surface area contributed by atoms with Crippen LogP contribution >= 0.6 is 0 Å². The number of aromatic nitrogens is 1. The Bertz CT molecular complexity index is 797. The number of amides is 1. The highest BCUT2D eigenvalue weighted by atomic mass is 16.3. The van der Waals surface area contributed by atoms with Gasteiger partial charge >= 0.3 is 0 Å². The Morgan fingerprint density at radius 2 is 1.91 bits per heavy atom. The maximum Gasteiger partial charge on any atom is 0.257 e. The summed E-state index contributed by atoms with van der Waals surface area (Å²) in [6.45, 7) is 0.495. The van der Waals surface area contributed by atoms with Crippen LogP contribution in [0.4, 0.5) is 0 Å². The summed E-state index contributed by atoms with van der Waals surface area (Å²) in [5.41, 5.74) is 2.52. The first-order valence-electron chi connectivity index (χ1n) is 7.18. The third-order valence-corrected chi connectivity index (χ3v) is 3.94. The molecule has 4 nitrogen and oxygen atoms in total. The average molecular weight is 290 g/mol. The molecule has 0 saturated heterocycles. The lowest BCUT2D eigenvalue weighted by molar-refractivity contribution is 0.0713. The number of furan rings is 1. The number of rotatable bonds is 3. The molecule has 2 aromatic heterocycles. The molecular formula is C18H14N2O2. The van der Waals surface area contributed by atoms with Crippen molar-refractivity contribution in [3.8, 4) is 0 Å². The molecule has 0 N–H and O–H groups in total. The van der Waals surface area contributed by atoms with Crippen LogP contribution in [0.5, 0.6) is 0 Å². The first kappa shape index (κ1) is 12.8. The molecule has 1 amide bonds. The van der Waals surface area contributed by atoms with Crippen molar-refractivity contribution in [3.05, 3.63) is 89.6 Å². The van der Waals surface area contributed by atoms with Gasteiger partial charge in [0.25, 0.3) is 5.91 Å². The van der Waals surface area contributed by atoms with E-state index in [9.17, 15) is 4.79 Å². The highest BCUT2D eigenvalue weighted by molar-refractivity contribution is 5.98. The lowest BCUT2D eigenvalue weighted by Gasteiger charge is -2.26. The van der Waals surface area contributed by atoms with E-state index in [2.05, 4.69) is 4.98 Å². The van der Waals surface area contributed by atoms with E-state index >= 15 is 0 Å². The van der Waals surface area contributed by atoms with Crippen LogP contribution in [-0.2, 0) is 6.54 Å². The van der Waals surface area contributed by atoms with Crippen LogP contribution in [0, 0.1) is 0 Å². The third kappa shape index (κ3) is 2.00. The molecule has 0 saturated carbocycles. The highest BCUT2D eigenvalue weighted by Gasteiger charge is 2.36. The van der Waals surface area contributed by atoms with Gasteiger partial charge in [0.15, 0.2) is 0 Å². The Morgan fingerprint density at radius 1 is 1.05 bits per heavy atom. The van der Waals surface area contributed by atoms with Crippen molar-refractivity contribution in [1.29, 1.82) is 0 Å². The minimum Gasteiger partial charge on any atom is -0.467 e. The zero-order valence-corrected chi connectivity index (χ0v) is 11.8. The van der Waals surface area contributed by atoms with E-state index in [1.54, 1.807) is 18.5 Å². The predicted molar refractivity (Wildman–Crippen MR) is 81.1 cm³/mol. The van der Waals surface area contributed by atoms with E-state index in [0.717, 1.165) is 17.0 Å². The van der Waals surface area contributed by atoms with E-state index in [-0.39, 0.29) is 11.9 Å². The van der Waals surface area contributed by atoms with Crippen molar-refractivity contribution in [3.63, 3.8) is 0 Å². The van der Waals surface area contributed by atoms with Crippen molar-refractivity contribution in [2.24, 2.45) is 0 Å². The van der Waals surface area contributed by atoms with Crippen LogP contribution < -0.4 is 0 Å². The summed E-state index contributed by atoms with van der Waals surface area (Å²) in [5.74, 6) is 0.751. The Morgan fingerprint density at radius 3 is 2.64 bits per heavy atom. The van der Waals surface area contributed by atoms with Gasteiger partial charge in [-0.05, 0) is 29.8 Å². The van der Waals surface area contributed by atoms with Crippen molar-refractivity contribution < 1.29 is 9.21 Å². The summed E-state index contributed by atoms with van der Waals surface area (Å²) in [6, 6.07) is 17.1. The van der Waals surface area contributed by atoms with Crippen molar-refractivity contribution in [2.45, 2.75) is 12.6 Å². The molecule has 1 aliphatic heterocycles. The van der Waals surface area contributed by atoms with Gasteiger partial charge < -0.3 is 9.32 Å². The first-order valence-corrected chi connectivity index (χ1v) is 7.18. The van der Waals surface area contributed by atoms with Gasteiger partial charge in [0.2, 0.25) is 0 Å². The topological polar surface area (TPSA) is 46.3 Å². The summed E-state index contributed by atoms with van der Waals surface area (Å²) in [4.78, 5) is 18.9. The fourth-order valence-corrected chi connectivity index (χ4v) is 2.94. The van der Waals surface area contributed by atoms with Crippen molar-refractivity contribution in [2.75, 3.05) is 0 Å². The van der Waals surface area contributed by atoms with Crippen molar-refractivity contribution >= 4 is 5.91 Å². The molecule has 0 fully saturated rings. The molecule has 108 valence electrons. The molecule has 1 atom stereocenters. The number of hydrogen-bond donors (Lipinski definition) is 0. The smallest absolute Gasteiger partial charge is 0.257 e. The second kappa shape index (κ2) is 5.15. The van der Waals surface area contributed by atoms with E-state index in [1.807, 2.05) is 53.4 Å². The molecule has 4 heteroatoms. The maximum absolute atomic E-state index is 12.8. The predicted octanol–water partition coefficient (Wildman–Crippen LogP) is 3.42. The maximum atomic E-state index is 12.8. The lowest BCUT2D eigenvalue weighted by atomic mass is 10.0. The summed E-state index contributed by atoms with van der Waals surface area (Å²) in [5, 5.41) is 0. The van der Waals surface area contributed by atoms with Crippen LogP contribution in [0.2, 0.25) is 0 Å². The van der Waals surface area contributed by atoms with Gasteiger partial charge in [-0.25, -0.2) is 0 Å². The summed E-state index contributed by atoms with van der Waals surface area (Å²) in [6.07, 6.45) is 3.36. The van der Waals surface area contributed by atoms with Gasteiger partial charge in [0, 0.05) is 6.20 Å². The Hall–Kier alpha value is -2.88. The van der Waals surface area contributed by atoms with Crippen LogP contribution in [-0.4, -0.2) is 15.8 Å². The number of fused-ring (bicyclic) bond motifs is 1. The SMILES string of the molecule is O=C1c2cccnc2CN1C(c1ccccc1)c1ccco1. The average Bonchev–Trinajstić information content (AvgIpc) is 3.19. The zero-order chi connectivity index (χ0) is 14.9. The van der Waals surface area contributed by atoms with Gasteiger partial charge in [0.1, 0.15) is 11.8 Å². The molecule has 3 aromatic rings. The van der Waals surface area contributed by atoms with Crippen molar-refractivity contribution in [1.82, 2.24) is 9.88 Å². The molecule has 0 bridgehead atoms. The van der Waals surface area contributed by atoms with Gasteiger partial charge in [-0.15, -0.1) is 0 Å². The zero-order valence-electron chi connectivity index (χ0n) is 11.8. The molecule has 1 aliphatic rings. The molecule has 0 spiro atoms. The first-order chi connectivity index (χ1) is 10.8. The van der Waals surface area contributed by atoms with E-state index < -0.39 is 0 Å². The number of nitrogens with zero attached hydrogens (tertiary/aromatic N) is 2. The number of benzene rings is 1. The second-order valence-electron chi connectivity index (χ2n) is 5.26. The molecule has 3 heterocycles. The number of hydrogen-bond acceptors (Lipinski definition) is 3. The molecule has 0 aliphatic carbocycles.